The van der Waals surface area contributed by atoms with E-state index in [1.807, 2.05) is 13.8 Å². The summed E-state index contributed by atoms with van der Waals surface area (Å²) < 4.78 is 37.2. The summed E-state index contributed by atoms with van der Waals surface area (Å²) in [5, 5.41) is 0. The van der Waals surface area contributed by atoms with Crippen LogP contribution in [0, 0.1) is 5.41 Å². The lowest BCUT2D eigenvalue weighted by atomic mass is 9.88. The SMILES string of the molecule is CC(C)(CCCN(CC(F)(F)F)C1CC1)C(N)=S. The van der Waals surface area contributed by atoms with E-state index in [4.69, 9.17) is 18.0 Å². The van der Waals surface area contributed by atoms with E-state index in [9.17, 15) is 13.2 Å². The summed E-state index contributed by atoms with van der Waals surface area (Å²) >= 11 is 4.95. The standard InChI is InChI=1S/C12H21F3N2S/c1-11(2,10(16)18)6-3-7-17(9-4-5-9)8-12(13,14)15/h9H,3-8H2,1-2H3,(H2,16,18). The molecule has 106 valence electrons. The van der Waals surface area contributed by atoms with Crippen LogP contribution in [0.4, 0.5) is 13.2 Å². The Hall–Kier alpha value is -0.360. The summed E-state index contributed by atoms with van der Waals surface area (Å²) in [6.07, 6.45) is -0.925. The summed E-state index contributed by atoms with van der Waals surface area (Å²) in [4.78, 5) is 1.96. The van der Waals surface area contributed by atoms with Gasteiger partial charge in [0, 0.05) is 11.5 Å². The summed E-state index contributed by atoms with van der Waals surface area (Å²) in [7, 11) is 0. The molecule has 1 fully saturated rings. The normalized spacial score (nSPS) is 17.2. The molecule has 0 radical (unpaired) electrons. The molecule has 1 aliphatic rings. The van der Waals surface area contributed by atoms with Gasteiger partial charge in [-0.05, 0) is 32.2 Å². The van der Waals surface area contributed by atoms with Crippen molar-refractivity contribution in [3.05, 3.63) is 0 Å². The lowest BCUT2D eigenvalue weighted by Gasteiger charge is -2.27. The fraction of sp³-hybridized carbons (Fsp3) is 0.917. The van der Waals surface area contributed by atoms with Crippen LogP contribution in [-0.2, 0) is 0 Å². The lowest BCUT2D eigenvalue weighted by molar-refractivity contribution is -0.147. The first kappa shape index (κ1) is 15.7. The predicted octanol–water partition coefficient (Wildman–Crippen LogP) is 3.11. The van der Waals surface area contributed by atoms with Gasteiger partial charge < -0.3 is 5.73 Å². The van der Waals surface area contributed by atoms with Crippen molar-refractivity contribution in [3.63, 3.8) is 0 Å². The van der Waals surface area contributed by atoms with Crippen LogP contribution in [-0.4, -0.2) is 35.2 Å². The quantitative estimate of drug-likeness (QED) is 0.728. The van der Waals surface area contributed by atoms with E-state index in [0.29, 0.717) is 18.0 Å². The van der Waals surface area contributed by atoms with Gasteiger partial charge in [-0.2, -0.15) is 13.2 Å². The number of nitrogens with two attached hydrogens (primary N) is 1. The Labute approximate surface area is 112 Å². The molecule has 6 heteroatoms. The Kier molecular flexibility index (Phi) is 5.00. The molecule has 2 N–H and O–H groups in total. The zero-order valence-corrected chi connectivity index (χ0v) is 11.7. The number of hydrogen-bond donors (Lipinski definition) is 1. The van der Waals surface area contributed by atoms with E-state index >= 15 is 0 Å². The second kappa shape index (κ2) is 5.74. The van der Waals surface area contributed by atoms with Crippen molar-refractivity contribution in [2.24, 2.45) is 11.1 Å². The fourth-order valence-corrected chi connectivity index (χ4v) is 2.01. The fourth-order valence-electron chi connectivity index (χ4n) is 1.91. The molecule has 1 aliphatic carbocycles. The first-order valence-corrected chi connectivity index (χ1v) is 6.63. The highest BCUT2D eigenvalue weighted by molar-refractivity contribution is 7.80. The number of rotatable bonds is 7. The zero-order valence-electron chi connectivity index (χ0n) is 10.9. The molecule has 0 unspecified atom stereocenters. The number of halogens is 3. The van der Waals surface area contributed by atoms with E-state index < -0.39 is 12.7 Å². The second-order valence-corrected chi connectivity index (χ2v) is 6.11. The lowest BCUT2D eigenvalue weighted by Crippen LogP contribution is -2.37. The number of alkyl halides is 3. The molecule has 0 aromatic heterocycles. The minimum atomic E-state index is -4.11. The van der Waals surface area contributed by atoms with Crippen molar-refractivity contribution in [2.75, 3.05) is 13.1 Å². The van der Waals surface area contributed by atoms with Crippen LogP contribution in [0.25, 0.3) is 0 Å². The van der Waals surface area contributed by atoms with Crippen LogP contribution in [0.15, 0.2) is 0 Å². The molecule has 1 saturated carbocycles. The van der Waals surface area contributed by atoms with Gasteiger partial charge >= 0.3 is 6.18 Å². The predicted molar refractivity (Wildman–Crippen MR) is 70.5 cm³/mol. The average molecular weight is 282 g/mol. The molecular formula is C12H21F3N2S. The highest BCUT2D eigenvalue weighted by atomic mass is 32.1. The number of hydrogen-bond acceptors (Lipinski definition) is 2. The van der Waals surface area contributed by atoms with Gasteiger partial charge in [0.2, 0.25) is 0 Å². The molecule has 0 aromatic rings. The molecule has 0 spiro atoms. The molecule has 0 bridgehead atoms. The third-order valence-electron chi connectivity index (χ3n) is 3.36. The van der Waals surface area contributed by atoms with Crippen LogP contribution < -0.4 is 5.73 Å². The van der Waals surface area contributed by atoms with Crippen molar-refractivity contribution in [3.8, 4) is 0 Å². The van der Waals surface area contributed by atoms with Crippen LogP contribution in [0.5, 0.6) is 0 Å². The van der Waals surface area contributed by atoms with Crippen LogP contribution in [0.1, 0.15) is 39.5 Å². The van der Waals surface area contributed by atoms with Gasteiger partial charge in [-0.1, -0.05) is 26.1 Å². The Morgan fingerprint density at radius 1 is 1.33 bits per heavy atom. The molecule has 0 atom stereocenters. The monoisotopic (exact) mass is 282 g/mol. The largest absolute Gasteiger partial charge is 0.401 e. The summed E-state index contributed by atoms with van der Waals surface area (Å²) in [5.41, 5.74) is 5.32. The maximum atomic E-state index is 12.4. The van der Waals surface area contributed by atoms with Gasteiger partial charge in [-0.15, -0.1) is 0 Å². The highest BCUT2D eigenvalue weighted by Crippen LogP contribution is 2.31. The summed E-state index contributed by atoms with van der Waals surface area (Å²) in [6.45, 7) is 3.53. The van der Waals surface area contributed by atoms with Crippen molar-refractivity contribution >= 4 is 17.2 Å². The van der Waals surface area contributed by atoms with E-state index in [-0.39, 0.29) is 11.5 Å². The third kappa shape index (κ3) is 5.52. The highest BCUT2D eigenvalue weighted by Gasteiger charge is 2.37. The van der Waals surface area contributed by atoms with Gasteiger partial charge in [0.1, 0.15) is 0 Å². The molecular weight excluding hydrogens is 261 g/mol. The topological polar surface area (TPSA) is 29.3 Å². The van der Waals surface area contributed by atoms with Crippen LogP contribution in [0.3, 0.4) is 0 Å². The molecule has 18 heavy (non-hydrogen) atoms. The van der Waals surface area contributed by atoms with E-state index in [1.165, 1.54) is 4.90 Å². The Bertz CT molecular complexity index is 298. The molecule has 2 nitrogen and oxygen atoms in total. The Balaban J connectivity index is 2.37. The van der Waals surface area contributed by atoms with Gasteiger partial charge in [0.25, 0.3) is 0 Å². The second-order valence-electron chi connectivity index (χ2n) is 5.67. The first-order chi connectivity index (χ1) is 8.12. The summed E-state index contributed by atoms with van der Waals surface area (Å²) in [5.74, 6) is 0. The smallest absolute Gasteiger partial charge is 0.393 e. The Morgan fingerprint density at radius 2 is 1.89 bits per heavy atom. The van der Waals surface area contributed by atoms with Crippen LogP contribution >= 0.6 is 12.2 Å². The number of nitrogens with zero attached hydrogens (tertiary/aromatic N) is 1. The first-order valence-electron chi connectivity index (χ1n) is 6.22. The van der Waals surface area contributed by atoms with Gasteiger partial charge in [-0.25, -0.2) is 0 Å². The molecule has 0 heterocycles. The molecule has 0 amide bonds. The molecule has 0 aliphatic heterocycles. The minimum Gasteiger partial charge on any atom is -0.393 e. The molecule has 0 saturated heterocycles. The van der Waals surface area contributed by atoms with E-state index in [2.05, 4.69) is 0 Å². The van der Waals surface area contributed by atoms with E-state index in [1.54, 1.807) is 0 Å². The van der Waals surface area contributed by atoms with Gasteiger partial charge in [0.05, 0.1) is 11.5 Å². The maximum absolute atomic E-state index is 12.4. The molecule has 0 aromatic carbocycles. The van der Waals surface area contributed by atoms with Crippen molar-refractivity contribution < 1.29 is 13.2 Å². The van der Waals surface area contributed by atoms with Crippen molar-refractivity contribution in [2.45, 2.75) is 51.7 Å². The van der Waals surface area contributed by atoms with E-state index in [0.717, 1.165) is 19.3 Å². The van der Waals surface area contributed by atoms with Gasteiger partial charge in [0.15, 0.2) is 0 Å². The Morgan fingerprint density at radius 3 is 2.28 bits per heavy atom. The zero-order chi connectivity index (χ0) is 14.0. The molecule has 1 rings (SSSR count). The summed E-state index contributed by atoms with van der Waals surface area (Å²) in [6, 6.07) is 0.125. The minimum absolute atomic E-state index is 0.125. The van der Waals surface area contributed by atoms with Gasteiger partial charge in [-0.3, -0.25) is 4.90 Å². The van der Waals surface area contributed by atoms with Crippen molar-refractivity contribution in [1.82, 2.24) is 4.90 Å². The third-order valence-corrected chi connectivity index (χ3v) is 3.91. The number of thiocarbonyl (C=S) groups is 1. The van der Waals surface area contributed by atoms with Crippen LogP contribution in [0.2, 0.25) is 0 Å². The average Bonchev–Trinajstić information content (AvgIpc) is 2.96. The maximum Gasteiger partial charge on any atom is 0.401 e. The van der Waals surface area contributed by atoms with Crippen molar-refractivity contribution in [1.29, 1.82) is 0 Å².